The van der Waals surface area contributed by atoms with Gasteiger partial charge >= 0.3 is 0 Å². The van der Waals surface area contributed by atoms with Crippen LogP contribution in [0.25, 0.3) is 11.1 Å². The van der Waals surface area contributed by atoms with Crippen LogP contribution in [0.15, 0.2) is 60.7 Å². The third kappa shape index (κ3) is 3.50. The van der Waals surface area contributed by atoms with Gasteiger partial charge in [-0.3, -0.25) is 0 Å². The molecule has 0 aliphatic heterocycles. The fourth-order valence-corrected chi connectivity index (χ4v) is 2.69. The quantitative estimate of drug-likeness (QED) is 0.632. The maximum absolute atomic E-state index is 6.24. The number of allylic oxidation sites excluding steroid dienone is 1. The van der Waals surface area contributed by atoms with E-state index in [0.717, 1.165) is 6.42 Å². The number of benzene rings is 2. The molecule has 20 heavy (non-hydrogen) atoms. The van der Waals surface area contributed by atoms with Crippen molar-refractivity contribution in [3.8, 4) is 0 Å². The first-order chi connectivity index (χ1) is 9.74. The summed E-state index contributed by atoms with van der Waals surface area (Å²) >= 11 is 6.01. The molecule has 2 aromatic rings. The average molecular weight is 286 g/mol. The third-order valence-electron chi connectivity index (χ3n) is 3.33. The third-order valence-corrected chi connectivity index (χ3v) is 3.52. The molecule has 2 N–H and O–H groups in total. The SMILES string of the molecule is CC(N)/C(=C(/CCCl)c1ccccc1)c1ccccc1. The van der Waals surface area contributed by atoms with E-state index in [1.54, 1.807) is 0 Å². The predicted octanol–water partition coefficient (Wildman–Crippen LogP) is 4.57. The van der Waals surface area contributed by atoms with E-state index in [1.807, 2.05) is 43.3 Å². The molecular formula is C18H20ClN. The van der Waals surface area contributed by atoms with E-state index < -0.39 is 0 Å². The summed E-state index contributed by atoms with van der Waals surface area (Å²) in [6.45, 7) is 2.03. The summed E-state index contributed by atoms with van der Waals surface area (Å²) < 4.78 is 0. The molecule has 0 aromatic heterocycles. The van der Waals surface area contributed by atoms with E-state index in [4.69, 9.17) is 17.3 Å². The number of rotatable bonds is 5. The van der Waals surface area contributed by atoms with Crippen molar-refractivity contribution in [2.45, 2.75) is 19.4 Å². The number of hydrogen-bond donors (Lipinski definition) is 1. The van der Waals surface area contributed by atoms with Crippen LogP contribution in [0.5, 0.6) is 0 Å². The van der Waals surface area contributed by atoms with E-state index in [1.165, 1.54) is 22.3 Å². The summed E-state index contributed by atoms with van der Waals surface area (Å²) in [6, 6.07) is 20.6. The van der Waals surface area contributed by atoms with Crippen LogP contribution >= 0.6 is 11.6 Å². The second kappa shape index (κ2) is 7.28. The van der Waals surface area contributed by atoms with E-state index in [9.17, 15) is 0 Å². The molecule has 0 radical (unpaired) electrons. The summed E-state index contributed by atoms with van der Waals surface area (Å²) in [6.07, 6.45) is 0.817. The minimum atomic E-state index is -0.0316. The topological polar surface area (TPSA) is 26.0 Å². The van der Waals surface area contributed by atoms with Crippen LogP contribution in [-0.2, 0) is 0 Å². The second-order valence-corrected chi connectivity index (χ2v) is 5.23. The molecule has 0 bridgehead atoms. The van der Waals surface area contributed by atoms with Gasteiger partial charge in [-0.25, -0.2) is 0 Å². The van der Waals surface area contributed by atoms with Crippen molar-refractivity contribution in [2.75, 3.05) is 5.88 Å². The molecule has 0 saturated heterocycles. The van der Waals surface area contributed by atoms with Gasteiger partial charge in [0.1, 0.15) is 0 Å². The highest BCUT2D eigenvalue weighted by Crippen LogP contribution is 2.31. The lowest BCUT2D eigenvalue weighted by Gasteiger charge is -2.19. The molecule has 0 amide bonds. The highest BCUT2D eigenvalue weighted by Gasteiger charge is 2.14. The van der Waals surface area contributed by atoms with Gasteiger partial charge in [-0.05, 0) is 35.6 Å². The van der Waals surface area contributed by atoms with E-state index in [-0.39, 0.29) is 6.04 Å². The standard InChI is InChI=1S/C18H20ClN/c1-14(20)18(16-10-6-3-7-11-16)17(12-13-19)15-8-4-2-5-9-15/h2-11,14H,12-13,20H2,1H3/b18-17+. The molecule has 0 aliphatic rings. The molecule has 0 spiro atoms. The van der Waals surface area contributed by atoms with Crippen LogP contribution in [0, 0.1) is 0 Å². The molecule has 0 heterocycles. The smallest absolute Gasteiger partial charge is 0.0275 e. The zero-order valence-corrected chi connectivity index (χ0v) is 12.5. The van der Waals surface area contributed by atoms with Crippen LogP contribution in [0.4, 0.5) is 0 Å². The Hall–Kier alpha value is -1.57. The Bertz CT molecular complexity index is 558. The highest BCUT2D eigenvalue weighted by molar-refractivity contribution is 6.18. The largest absolute Gasteiger partial charge is 0.324 e. The Morgan fingerprint density at radius 3 is 1.90 bits per heavy atom. The fraction of sp³-hybridized carbons (Fsp3) is 0.222. The minimum Gasteiger partial charge on any atom is -0.324 e. The molecule has 2 heteroatoms. The lowest BCUT2D eigenvalue weighted by molar-refractivity contribution is 0.943. The van der Waals surface area contributed by atoms with Crippen molar-refractivity contribution in [1.29, 1.82) is 0 Å². The van der Waals surface area contributed by atoms with Crippen LogP contribution in [0.1, 0.15) is 24.5 Å². The molecule has 1 atom stereocenters. The molecule has 0 aliphatic carbocycles. The van der Waals surface area contributed by atoms with Gasteiger partial charge in [-0.15, -0.1) is 11.6 Å². The monoisotopic (exact) mass is 285 g/mol. The van der Waals surface area contributed by atoms with Gasteiger partial charge in [0.25, 0.3) is 0 Å². The number of nitrogens with two attached hydrogens (primary N) is 1. The maximum Gasteiger partial charge on any atom is 0.0275 e. The highest BCUT2D eigenvalue weighted by atomic mass is 35.5. The Balaban J connectivity index is 2.60. The second-order valence-electron chi connectivity index (χ2n) is 4.85. The first kappa shape index (κ1) is 14.8. The normalized spacial score (nSPS) is 13.8. The number of halogens is 1. The van der Waals surface area contributed by atoms with E-state index in [0.29, 0.717) is 5.88 Å². The van der Waals surface area contributed by atoms with Crippen molar-refractivity contribution in [1.82, 2.24) is 0 Å². The van der Waals surface area contributed by atoms with Gasteiger partial charge in [-0.2, -0.15) is 0 Å². The molecule has 1 nitrogen and oxygen atoms in total. The van der Waals surface area contributed by atoms with Gasteiger partial charge in [0, 0.05) is 11.9 Å². The van der Waals surface area contributed by atoms with Crippen molar-refractivity contribution in [3.05, 3.63) is 71.8 Å². The number of alkyl halides is 1. The van der Waals surface area contributed by atoms with Crippen molar-refractivity contribution in [2.24, 2.45) is 5.73 Å². The van der Waals surface area contributed by atoms with Crippen molar-refractivity contribution >= 4 is 22.7 Å². The fourth-order valence-electron chi connectivity index (χ4n) is 2.50. The van der Waals surface area contributed by atoms with Crippen LogP contribution < -0.4 is 5.73 Å². The molecular weight excluding hydrogens is 266 g/mol. The summed E-state index contributed by atoms with van der Waals surface area (Å²) in [5.74, 6) is 0.591. The van der Waals surface area contributed by atoms with Crippen LogP contribution in [-0.4, -0.2) is 11.9 Å². The summed E-state index contributed by atoms with van der Waals surface area (Å²) in [5.41, 5.74) is 11.0. The molecule has 0 saturated carbocycles. The lowest BCUT2D eigenvalue weighted by atomic mass is 9.89. The Labute approximate surface area is 126 Å². The van der Waals surface area contributed by atoms with Crippen LogP contribution in [0.2, 0.25) is 0 Å². The Kier molecular flexibility index (Phi) is 5.40. The molecule has 1 unspecified atom stereocenters. The van der Waals surface area contributed by atoms with Gasteiger partial charge in [0.05, 0.1) is 0 Å². The molecule has 104 valence electrons. The average Bonchev–Trinajstić information content (AvgIpc) is 2.48. The van der Waals surface area contributed by atoms with Gasteiger partial charge in [0.2, 0.25) is 0 Å². The summed E-state index contributed by atoms with van der Waals surface area (Å²) in [7, 11) is 0. The zero-order valence-electron chi connectivity index (χ0n) is 11.7. The number of hydrogen-bond acceptors (Lipinski definition) is 1. The lowest BCUT2D eigenvalue weighted by Crippen LogP contribution is -2.18. The zero-order chi connectivity index (χ0) is 14.4. The van der Waals surface area contributed by atoms with E-state index in [2.05, 4.69) is 24.3 Å². The maximum atomic E-state index is 6.24. The van der Waals surface area contributed by atoms with Crippen molar-refractivity contribution < 1.29 is 0 Å². The molecule has 2 aromatic carbocycles. The first-order valence-electron chi connectivity index (χ1n) is 6.89. The Morgan fingerprint density at radius 2 is 1.45 bits per heavy atom. The first-order valence-corrected chi connectivity index (χ1v) is 7.43. The molecule has 0 fully saturated rings. The summed E-state index contributed by atoms with van der Waals surface area (Å²) in [4.78, 5) is 0. The van der Waals surface area contributed by atoms with Gasteiger partial charge in [0.15, 0.2) is 0 Å². The Morgan fingerprint density at radius 1 is 0.950 bits per heavy atom. The van der Waals surface area contributed by atoms with Crippen LogP contribution in [0.3, 0.4) is 0 Å². The summed E-state index contributed by atoms with van der Waals surface area (Å²) in [5, 5.41) is 0. The predicted molar refractivity (Wildman–Crippen MR) is 88.7 cm³/mol. The van der Waals surface area contributed by atoms with Gasteiger partial charge < -0.3 is 5.73 Å². The minimum absolute atomic E-state index is 0.0316. The van der Waals surface area contributed by atoms with E-state index >= 15 is 0 Å². The molecule has 2 rings (SSSR count). The van der Waals surface area contributed by atoms with Gasteiger partial charge in [-0.1, -0.05) is 60.7 Å². The van der Waals surface area contributed by atoms with Crippen molar-refractivity contribution in [3.63, 3.8) is 0 Å².